The number of aromatic amines is 1. The Morgan fingerprint density at radius 1 is 1.36 bits per heavy atom. The van der Waals surface area contributed by atoms with E-state index in [4.69, 9.17) is 0 Å². The molecule has 0 fully saturated rings. The van der Waals surface area contributed by atoms with Gasteiger partial charge in [-0.1, -0.05) is 28.1 Å². The van der Waals surface area contributed by atoms with E-state index in [0.717, 1.165) is 10.0 Å². The first-order valence-corrected chi connectivity index (χ1v) is 7.42. The maximum atomic E-state index is 12.2. The van der Waals surface area contributed by atoms with Crippen LogP contribution in [0.5, 0.6) is 0 Å². The zero-order valence-electron chi connectivity index (χ0n) is 12.1. The van der Waals surface area contributed by atoms with E-state index in [2.05, 4.69) is 31.2 Å². The number of benzene rings is 1. The fourth-order valence-corrected chi connectivity index (χ4v) is 2.84. The van der Waals surface area contributed by atoms with E-state index in [-0.39, 0.29) is 0 Å². The van der Waals surface area contributed by atoms with Crippen molar-refractivity contribution in [2.45, 2.75) is 6.54 Å². The van der Waals surface area contributed by atoms with Gasteiger partial charge < -0.3 is 5.32 Å². The Balaban J connectivity index is 2.26. The van der Waals surface area contributed by atoms with E-state index in [1.54, 1.807) is 18.7 Å². The van der Waals surface area contributed by atoms with Gasteiger partial charge in [-0.3, -0.25) is 18.9 Å². The Morgan fingerprint density at radius 2 is 2.14 bits per heavy atom. The van der Waals surface area contributed by atoms with Gasteiger partial charge in [-0.2, -0.15) is 4.98 Å². The van der Waals surface area contributed by atoms with Crippen LogP contribution >= 0.6 is 15.9 Å². The third-order valence-electron chi connectivity index (χ3n) is 3.46. The molecule has 0 saturated heterocycles. The van der Waals surface area contributed by atoms with Crippen molar-refractivity contribution in [1.82, 2.24) is 19.1 Å². The van der Waals surface area contributed by atoms with Crippen LogP contribution in [0.4, 0.5) is 5.95 Å². The number of nitrogens with one attached hydrogen (secondary N) is 2. The summed E-state index contributed by atoms with van der Waals surface area (Å²) in [5, 5.41) is 2.97. The molecule has 0 bridgehead atoms. The molecule has 2 heterocycles. The first-order chi connectivity index (χ1) is 10.5. The maximum absolute atomic E-state index is 12.2. The fourth-order valence-electron chi connectivity index (χ4n) is 2.40. The normalized spacial score (nSPS) is 11.0. The SMILES string of the molecule is CNc1nc2c(c(=O)[nH]c(=O)n2C)n1Cc1cccc(Br)c1. The summed E-state index contributed by atoms with van der Waals surface area (Å²) in [5.41, 5.74) is 0.812. The van der Waals surface area contributed by atoms with Crippen LogP contribution in [0.2, 0.25) is 0 Å². The molecule has 8 heteroatoms. The van der Waals surface area contributed by atoms with Crippen molar-refractivity contribution in [3.63, 3.8) is 0 Å². The highest BCUT2D eigenvalue weighted by molar-refractivity contribution is 9.10. The molecule has 2 aromatic heterocycles. The quantitative estimate of drug-likeness (QED) is 0.733. The van der Waals surface area contributed by atoms with E-state index in [0.29, 0.717) is 23.7 Å². The largest absolute Gasteiger partial charge is 0.359 e. The highest BCUT2D eigenvalue weighted by Crippen LogP contribution is 2.19. The lowest BCUT2D eigenvalue weighted by Crippen LogP contribution is -2.29. The summed E-state index contributed by atoms with van der Waals surface area (Å²) in [4.78, 5) is 30.6. The molecule has 3 rings (SSSR count). The smallest absolute Gasteiger partial charge is 0.329 e. The molecule has 1 aromatic carbocycles. The molecule has 2 N–H and O–H groups in total. The number of imidazole rings is 1. The third kappa shape index (κ3) is 2.35. The average Bonchev–Trinajstić information content (AvgIpc) is 2.84. The number of fused-ring (bicyclic) bond motifs is 1. The molecule has 0 saturated carbocycles. The lowest BCUT2D eigenvalue weighted by Gasteiger charge is -2.08. The number of halogens is 1. The molecule has 0 aliphatic heterocycles. The van der Waals surface area contributed by atoms with Crippen molar-refractivity contribution in [2.75, 3.05) is 12.4 Å². The fraction of sp³-hybridized carbons (Fsp3) is 0.214. The number of hydrogen-bond donors (Lipinski definition) is 2. The van der Waals surface area contributed by atoms with Gasteiger partial charge in [0.25, 0.3) is 5.56 Å². The van der Waals surface area contributed by atoms with Crippen molar-refractivity contribution < 1.29 is 0 Å². The van der Waals surface area contributed by atoms with E-state index >= 15 is 0 Å². The van der Waals surface area contributed by atoms with Crippen LogP contribution in [-0.2, 0) is 13.6 Å². The van der Waals surface area contributed by atoms with Gasteiger partial charge in [0.1, 0.15) is 0 Å². The van der Waals surface area contributed by atoms with Crippen LogP contribution < -0.4 is 16.6 Å². The predicted molar refractivity (Wildman–Crippen MR) is 88.4 cm³/mol. The average molecular weight is 364 g/mol. The summed E-state index contributed by atoms with van der Waals surface area (Å²) in [6.45, 7) is 0.466. The molecule has 0 amide bonds. The van der Waals surface area contributed by atoms with Gasteiger partial charge in [-0.25, -0.2) is 4.79 Å². The maximum Gasteiger partial charge on any atom is 0.329 e. The zero-order chi connectivity index (χ0) is 15.9. The van der Waals surface area contributed by atoms with Crippen LogP contribution in [0.25, 0.3) is 11.2 Å². The third-order valence-corrected chi connectivity index (χ3v) is 3.95. The minimum absolute atomic E-state index is 0.355. The number of aryl methyl sites for hydroxylation is 1. The van der Waals surface area contributed by atoms with E-state index in [1.165, 1.54) is 4.57 Å². The van der Waals surface area contributed by atoms with Crippen molar-refractivity contribution in [2.24, 2.45) is 7.05 Å². The number of hydrogen-bond acceptors (Lipinski definition) is 4. The van der Waals surface area contributed by atoms with Gasteiger partial charge in [0.05, 0.1) is 6.54 Å². The Morgan fingerprint density at radius 3 is 2.82 bits per heavy atom. The molecular weight excluding hydrogens is 350 g/mol. The van der Waals surface area contributed by atoms with Crippen LogP contribution in [-0.4, -0.2) is 26.1 Å². The topological polar surface area (TPSA) is 84.7 Å². The second-order valence-corrected chi connectivity index (χ2v) is 5.81. The molecule has 0 spiro atoms. The molecule has 114 valence electrons. The number of aromatic nitrogens is 4. The standard InChI is InChI=1S/C14H14BrN5O2/c1-16-13-17-11-10(12(21)18-14(22)19(11)2)20(13)7-8-4-3-5-9(15)6-8/h3-6H,7H2,1-2H3,(H,16,17)(H,18,21,22). The molecule has 0 unspecified atom stereocenters. The Labute approximate surface area is 133 Å². The molecule has 0 aliphatic rings. The van der Waals surface area contributed by atoms with Crippen LogP contribution in [0.15, 0.2) is 38.3 Å². The van der Waals surface area contributed by atoms with Crippen LogP contribution in [0, 0.1) is 0 Å². The van der Waals surface area contributed by atoms with E-state index in [9.17, 15) is 9.59 Å². The molecule has 3 aromatic rings. The van der Waals surface area contributed by atoms with Crippen molar-refractivity contribution in [3.8, 4) is 0 Å². The first kappa shape index (κ1) is 14.6. The van der Waals surface area contributed by atoms with Crippen LogP contribution in [0.1, 0.15) is 5.56 Å². The second kappa shape index (κ2) is 5.45. The van der Waals surface area contributed by atoms with Gasteiger partial charge in [0, 0.05) is 18.6 Å². The van der Waals surface area contributed by atoms with Gasteiger partial charge in [-0.05, 0) is 17.7 Å². The highest BCUT2D eigenvalue weighted by atomic mass is 79.9. The molecule has 0 atom stereocenters. The lowest BCUT2D eigenvalue weighted by atomic mass is 10.2. The van der Waals surface area contributed by atoms with Gasteiger partial charge in [-0.15, -0.1) is 0 Å². The predicted octanol–water partition coefficient (Wildman–Crippen LogP) is 1.28. The molecular formula is C14H14BrN5O2. The van der Waals surface area contributed by atoms with Gasteiger partial charge in [0.15, 0.2) is 11.2 Å². The number of nitrogens with zero attached hydrogens (tertiary/aromatic N) is 3. The van der Waals surface area contributed by atoms with Crippen molar-refractivity contribution >= 4 is 33.0 Å². The summed E-state index contributed by atoms with van der Waals surface area (Å²) in [6.07, 6.45) is 0. The Bertz CT molecular complexity index is 970. The Hall–Kier alpha value is -2.35. The molecule has 22 heavy (non-hydrogen) atoms. The first-order valence-electron chi connectivity index (χ1n) is 6.63. The van der Waals surface area contributed by atoms with Crippen molar-refractivity contribution in [1.29, 1.82) is 0 Å². The summed E-state index contributed by atoms with van der Waals surface area (Å²) in [7, 11) is 3.31. The Kier molecular flexibility index (Phi) is 3.61. The summed E-state index contributed by atoms with van der Waals surface area (Å²) in [5.74, 6) is 0.529. The monoisotopic (exact) mass is 363 g/mol. The number of rotatable bonds is 3. The lowest BCUT2D eigenvalue weighted by molar-refractivity contribution is 0.809. The highest BCUT2D eigenvalue weighted by Gasteiger charge is 2.16. The zero-order valence-corrected chi connectivity index (χ0v) is 13.6. The molecule has 0 aliphatic carbocycles. The van der Waals surface area contributed by atoms with E-state index in [1.807, 2.05) is 24.3 Å². The molecule has 7 nitrogen and oxygen atoms in total. The van der Waals surface area contributed by atoms with Crippen LogP contribution in [0.3, 0.4) is 0 Å². The van der Waals surface area contributed by atoms with Crippen molar-refractivity contribution in [3.05, 3.63) is 55.1 Å². The van der Waals surface area contributed by atoms with Gasteiger partial charge in [0.2, 0.25) is 5.95 Å². The summed E-state index contributed by atoms with van der Waals surface area (Å²) in [6, 6.07) is 7.80. The second-order valence-electron chi connectivity index (χ2n) is 4.89. The summed E-state index contributed by atoms with van der Waals surface area (Å²) >= 11 is 3.43. The minimum Gasteiger partial charge on any atom is -0.359 e. The number of H-pyrrole nitrogens is 1. The summed E-state index contributed by atoms with van der Waals surface area (Å²) < 4.78 is 4.05. The molecule has 0 radical (unpaired) electrons. The van der Waals surface area contributed by atoms with E-state index < -0.39 is 11.2 Å². The number of anilines is 1. The van der Waals surface area contributed by atoms with Gasteiger partial charge >= 0.3 is 5.69 Å². The minimum atomic E-state index is -0.479.